The number of nitrogens with one attached hydrogen (secondary N) is 2. The summed E-state index contributed by atoms with van der Waals surface area (Å²) in [6, 6.07) is 18.2. The summed E-state index contributed by atoms with van der Waals surface area (Å²) in [6.07, 6.45) is 0. The summed E-state index contributed by atoms with van der Waals surface area (Å²) in [6.45, 7) is 2.19. The molecule has 120 valence electrons. The molecule has 5 heteroatoms. The minimum absolute atomic E-state index is 0.00855. The first-order valence-corrected chi connectivity index (χ1v) is 8.59. The zero-order valence-corrected chi connectivity index (χ0v) is 14.4. The molecule has 2 N–H and O–H groups in total. The lowest BCUT2D eigenvalue weighted by atomic mass is 9.98. The highest BCUT2D eigenvalue weighted by Crippen LogP contribution is 2.30. The molecule has 3 rings (SSSR count). The van der Waals surface area contributed by atoms with Gasteiger partial charge in [-0.3, -0.25) is 4.79 Å². The average Bonchev–Trinajstić information content (AvgIpc) is 2.98. The van der Waals surface area contributed by atoms with Gasteiger partial charge in [-0.05, 0) is 23.6 Å². The lowest BCUT2D eigenvalue weighted by Gasteiger charge is -2.16. The Morgan fingerprint density at radius 1 is 1.04 bits per heavy atom. The summed E-state index contributed by atoms with van der Waals surface area (Å²) < 4.78 is 5.09. The number of carbonyl (C=O) groups is 1. The second-order valence-electron chi connectivity index (χ2n) is 5.43. The molecule has 0 amide bonds. The first kappa shape index (κ1) is 16.2. The number of hydrazine groups is 1. The highest BCUT2D eigenvalue weighted by molar-refractivity contribution is 9.09. The van der Waals surface area contributed by atoms with Crippen LogP contribution in [0.1, 0.15) is 18.5 Å². The first-order valence-electron chi connectivity index (χ1n) is 7.68. The van der Waals surface area contributed by atoms with Gasteiger partial charge in [-0.25, -0.2) is 10.9 Å². The molecule has 1 saturated heterocycles. The maximum Gasteiger partial charge on any atom is 0.325 e. The van der Waals surface area contributed by atoms with Crippen molar-refractivity contribution in [3.63, 3.8) is 0 Å². The second kappa shape index (κ2) is 7.25. The van der Waals surface area contributed by atoms with E-state index in [1.54, 1.807) is 0 Å². The van der Waals surface area contributed by atoms with E-state index in [0.717, 1.165) is 5.56 Å². The summed E-state index contributed by atoms with van der Waals surface area (Å²) in [4.78, 5) is 11.9. The van der Waals surface area contributed by atoms with Gasteiger partial charge in [0.2, 0.25) is 0 Å². The Kier molecular flexibility index (Phi) is 5.10. The molecule has 4 nitrogen and oxygen atoms in total. The van der Waals surface area contributed by atoms with E-state index in [1.807, 2.05) is 25.1 Å². The summed E-state index contributed by atoms with van der Waals surface area (Å²) >= 11 is 3.62. The number of carbonyl (C=O) groups excluding carboxylic acids is 1. The van der Waals surface area contributed by atoms with Crippen LogP contribution >= 0.6 is 15.9 Å². The molecule has 1 heterocycles. The minimum Gasteiger partial charge on any atom is -0.465 e. The fraction of sp³-hybridized carbons (Fsp3) is 0.278. The van der Waals surface area contributed by atoms with Crippen LogP contribution < -0.4 is 10.9 Å². The molecule has 1 aliphatic heterocycles. The number of halogens is 1. The van der Waals surface area contributed by atoms with Crippen LogP contribution in [-0.4, -0.2) is 23.4 Å². The lowest BCUT2D eigenvalue weighted by molar-refractivity contribution is -0.145. The quantitative estimate of drug-likeness (QED) is 0.637. The van der Waals surface area contributed by atoms with Gasteiger partial charge in [0.15, 0.2) is 0 Å². The molecule has 23 heavy (non-hydrogen) atoms. The predicted octanol–water partition coefficient (Wildman–Crippen LogP) is 3.20. The van der Waals surface area contributed by atoms with Gasteiger partial charge in [-0.15, -0.1) is 0 Å². The molecule has 0 aliphatic carbocycles. The van der Waals surface area contributed by atoms with Gasteiger partial charge >= 0.3 is 5.97 Å². The van der Waals surface area contributed by atoms with Gasteiger partial charge in [0.1, 0.15) is 6.04 Å². The molecular formula is C18H19BrN2O2. The standard InChI is InChI=1S/C18H19BrN2O2/c1-2-23-18(22)17-15(19)16(20-21-17)14-10-8-13(9-11-14)12-6-4-3-5-7-12/h3-11,15-17,20-21H,2H2,1H3. The van der Waals surface area contributed by atoms with Crippen molar-refractivity contribution in [2.45, 2.75) is 23.8 Å². The van der Waals surface area contributed by atoms with Gasteiger partial charge in [-0.2, -0.15) is 0 Å². The monoisotopic (exact) mass is 374 g/mol. The molecule has 0 aromatic heterocycles. The van der Waals surface area contributed by atoms with Crippen molar-refractivity contribution < 1.29 is 9.53 Å². The van der Waals surface area contributed by atoms with Gasteiger partial charge in [0.25, 0.3) is 0 Å². The summed E-state index contributed by atoms with van der Waals surface area (Å²) in [5.41, 5.74) is 9.67. The second-order valence-corrected chi connectivity index (χ2v) is 6.49. The number of esters is 1. The van der Waals surface area contributed by atoms with E-state index in [-0.39, 0.29) is 16.8 Å². The topological polar surface area (TPSA) is 50.4 Å². The van der Waals surface area contributed by atoms with Gasteiger partial charge < -0.3 is 4.74 Å². The molecule has 3 unspecified atom stereocenters. The van der Waals surface area contributed by atoms with Crippen LogP contribution in [0.15, 0.2) is 54.6 Å². The van der Waals surface area contributed by atoms with E-state index in [9.17, 15) is 4.79 Å². The average molecular weight is 375 g/mol. The molecule has 1 fully saturated rings. The number of benzene rings is 2. The fourth-order valence-corrected chi connectivity index (χ4v) is 3.52. The largest absolute Gasteiger partial charge is 0.465 e. The van der Waals surface area contributed by atoms with E-state index in [1.165, 1.54) is 11.1 Å². The van der Waals surface area contributed by atoms with Gasteiger partial charge in [0, 0.05) is 0 Å². The molecular weight excluding hydrogens is 356 g/mol. The number of hydrogen-bond donors (Lipinski definition) is 2. The van der Waals surface area contributed by atoms with Crippen LogP contribution in [0, 0.1) is 0 Å². The van der Waals surface area contributed by atoms with Gasteiger partial charge in [-0.1, -0.05) is 70.5 Å². The molecule has 2 aromatic rings. The summed E-state index contributed by atoms with van der Waals surface area (Å²) in [5, 5.41) is 0. The van der Waals surface area contributed by atoms with Crippen LogP contribution in [-0.2, 0) is 9.53 Å². The molecule has 1 aliphatic rings. The Hall–Kier alpha value is -1.69. The molecule has 0 spiro atoms. The first-order chi connectivity index (χ1) is 11.2. The normalized spacial score (nSPS) is 23.7. The highest BCUT2D eigenvalue weighted by atomic mass is 79.9. The Labute approximate surface area is 144 Å². The maximum atomic E-state index is 11.9. The Morgan fingerprint density at radius 3 is 2.35 bits per heavy atom. The van der Waals surface area contributed by atoms with Crippen molar-refractivity contribution >= 4 is 21.9 Å². The minimum atomic E-state index is -0.395. The number of alkyl halides is 1. The van der Waals surface area contributed by atoms with E-state index in [2.05, 4.69) is 63.2 Å². The Bertz CT molecular complexity index is 660. The number of rotatable bonds is 4. The SMILES string of the molecule is CCOC(=O)C1NNC(c2ccc(-c3ccccc3)cc2)C1Br. The Morgan fingerprint density at radius 2 is 1.70 bits per heavy atom. The van der Waals surface area contributed by atoms with Crippen molar-refractivity contribution in [1.82, 2.24) is 10.9 Å². The van der Waals surface area contributed by atoms with Crippen LogP contribution in [0.3, 0.4) is 0 Å². The van der Waals surface area contributed by atoms with Crippen LogP contribution in [0.25, 0.3) is 11.1 Å². The fourth-order valence-electron chi connectivity index (χ4n) is 2.73. The van der Waals surface area contributed by atoms with Crippen molar-refractivity contribution in [3.8, 4) is 11.1 Å². The zero-order valence-electron chi connectivity index (χ0n) is 12.8. The van der Waals surface area contributed by atoms with Crippen molar-refractivity contribution in [2.75, 3.05) is 6.61 Å². The summed E-state index contributed by atoms with van der Waals surface area (Å²) in [7, 11) is 0. The predicted molar refractivity (Wildman–Crippen MR) is 94.0 cm³/mol. The van der Waals surface area contributed by atoms with Crippen LogP contribution in [0.4, 0.5) is 0 Å². The maximum absolute atomic E-state index is 11.9. The van der Waals surface area contributed by atoms with Crippen LogP contribution in [0.2, 0.25) is 0 Å². The number of hydrogen-bond acceptors (Lipinski definition) is 4. The number of ether oxygens (including phenoxy) is 1. The van der Waals surface area contributed by atoms with E-state index < -0.39 is 6.04 Å². The molecule has 0 radical (unpaired) electrons. The zero-order chi connectivity index (χ0) is 16.2. The van der Waals surface area contributed by atoms with Gasteiger partial charge in [0.05, 0.1) is 17.5 Å². The molecule has 0 saturated carbocycles. The molecule has 0 bridgehead atoms. The third kappa shape index (κ3) is 3.47. The third-order valence-corrected chi connectivity index (χ3v) is 5.01. The Balaban J connectivity index is 1.74. The molecule has 2 aromatic carbocycles. The lowest BCUT2D eigenvalue weighted by Crippen LogP contribution is -2.40. The molecule has 3 atom stereocenters. The van der Waals surface area contributed by atoms with Crippen LogP contribution in [0.5, 0.6) is 0 Å². The third-order valence-electron chi connectivity index (χ3n) is 3.95. The van der Waals surface area contributed by atoms with E-state index in [4.69, 9.17) is 4.74 Å². The van der Waals surface area contributed by atoms with E-state index in [0.29, 0.717) is 6.61 Å². The summed E-state index contributed by atoms with van der Waals surface area (Å²) in [5.74, 6) is -0.245. The van der Waals surface area contributed by atoms with Crippen molar-refractivity contribution in [3.05, 3.63) is 60.2 Å². The van der Waals surface area contributed by atoms with E-state index >= 15 is 0 Å². The van der Waals surface area contributed by atoms with Crippen molar-refractivity contribution in [1.29, 1.82) is 0 Å². The highest BCUT2D eigenvalue weighted by Gasteiger charge is 2.40. The smallest absolute Gasteiger partial charge is 0.325 e. The van der Waals surface area contributed by atoms with Crippen molar-refractivity contribution in [2.24, 2.45) is 0 Å².